The zero-order valence-corrected chi connectivity index (χ0v) is 11.2. The second-order valence-electron chi connectivity index (χ2n) is 4.77. The van der Waals surface area contributed by atoms with E-state index in [1.54, 1.807) is 0 Å². The Morgan fingerprint density at radius 3 is 3.00 bits per heavy atom. The summed E-state index contributed by atoms with van der Waals surface area (Å²) in [7, 11) is 1.54. The van der Waals surface area contributed by atoms with Gasteiger partial charge in [0.05, 0.1) is 17.6 Å². The molecule has 1 aliphatic heterocycles. The number of aryl methyl sites for hydroxylation is 1. The van der Waals surface area contributed by atoms with Gasteiger partial charge in [-0.05, 0) is 12.8 Å². The van der Waals surface area contributed by atoms with Crippen molar-refractivity contribution in [2.75, 3.05) is 6.61 Å². The van der Waals surface area contributed by atoms with E-state index in [0.29, 0.717) is 0 Å². The summed E-state index contributed by atoms with van der Waals surface area (Å²) < 4.78 is 20.5. The molecular formula is C11H15FN4O5. The summed E-state index contributed by atoms with van der Waals surface area (Å²) in [5, 5.41) is 25.6. The van der Waals surface area contributed by atoms with Crippen molar-refractivity contribution in [1.29, 1.82) is 0 Å². The number of hydrogen-bond donors (Lipinski definition) is 2. The fourth-order valence-electron chi connectivity index (χ4n) is 2.41. The molecule has 2 rings (SSSR count). The number of aromatic nitrogens is 2. The SMILES string of the molecule is Cn1ncc([N+](=O)[O-])c1[C@@H]1CC[C@@H](NC(=O)O)[C@H](F)CO1. The van der Waals surface area contributed by atoms with Crippen molar-refractivity contribution >= 4 is 11.8 Å². The van der Waals surface area contributed by atoms with Gasteiger partial charge in [-0.3, -0.25) is 14.8 Å². The summed E-state index contributed by atoms with van der Waals surface area (Å²) in [6, 6.07) is -0.889. The fraction of sp³-hybridized carbons (Fsp3) is 0.636. The first kappa shape index (κ1) is 15.2. The Balaban J connectivity index is 2.18. The lowest BCUT2D eigenvalue weighted by atomic mass is 10.0. The molecule has 0 aromatic carbocycles. The van der Waals surface area contributed by atoms with Gasteiger partial charge in [0.1, 0.15) is 24.2 Å². The molecule has 0 unspecified atom stereocenters. The minimum absolute atomic E-state index is 0.181. The highest BCUT2D eigenvalue weighted by Crippen LogP contribution is 2.33. The van der Waals surface area contributed by atoms with Gasteiger partial charge < -0.3 is 15.2 Å². The molecule has 21 heavy (non-hydrogen) atoms. The molecule has 2 heterocycles. The molecule has 0 radical (unpaired) electrons. The molecule has 0 aliphatic carbocycles. The molecule has 3 atom stereocenters. The number of nitrogens with zero attached hydrogens (tertiary/aromatic N) is 3. The number of rotatable bonds is 3. The Hall–Kier alpha value is -2.23. The van der Waals surface area contributed by atoms with Crippen LogP contribution in [0.1, 0.15) is 24.6 Å². The lowest BCUT2D eigenvalue weighted by Crippen LogP contribution is -2.41. The predicted molar refractivity (Wildman–Crippen MR) is 67.6 cm³/mol. The van der Waals surface area contributed by atoms with Crippen LogP contribution in [0.2, 0.25) is 0 Å². The summed E-state index contributed by atoms with van der Waals surface area (Å²) in [5.74, 6) is 0. The molecule has 1 aliphatic rings. The fourth-order valence-corrected chi connectivity index (χ4v) is 2.41. The molecule has 1 aromatic rings. The minimum atomic E-state index is -1.50. The highest BCUT2D eigenvalue weighted by Gasteiger charge is 2.34. The van der Waals surface area contributed by atoms with Gasteiger partial charge in [0.2, 0.25) is 0 Å². The molecule has 1 saturated heterocycles. The number of nitro groups is 1. The first-order valence-corrected chi connectivity index (χ1v) is 6.31. The van der Waals surface area contributed by atoms with Crippen LogP contribution in [-0.2, 0) is 11.8 Å². The van der Waals surface area contributed by atoms with Gasteiger partial charge in [0.15, 0.2) is 0 Å². The van der Waals surface area contributed by atoms with Crippen LogP contribution in [0.25, 0.3) is 0 Å². The average molecular weight is 302 g/mol. The summed E-state index contributed by atoms with van der Waals surface area (Å²) in [6.07, 6.45) is -1.96. The minimum Gasteiger partial charge on any atom is -0.465 e. The van der Waals surface area contributed by atoms with E-state index < -0.39 is 29.3 Å². The van der Waals surface area contributed by atoms with E-state index in [1.165, 1.54) is 11.7 Å². The van der Waals surface area contributed by atoms with Crippen molar-refractivity contribution in [3.8, 4) is 0 Å². The molecule has 1 fully saturated rings. The number of hydrogen-bond acceptors (Lipinski definition) is 5. The van der Waals surface area contributed by atoms with E-state index in [2.05, 4.69) is 10.4 Å². The van der Waals surface area contributed by atoms with Crippen LogP contribution in [-0.4, -0.2) is 44.7 Å². The molecule has 116 valence electrons. The summed E-state index contributed by atoms with van der Waals surface area (Å²) in [4.78, 5) is 21.0. The number of nitrogens with one attached hydrogen (secondary N) is 1. The second kappa shape index (κ2) is 6.04. The number of carboxylic acid groups (broad SMARTS) is 1. The maximum atomic E-state index is 13.8. The topological polar surface area (TPSA) is 120 Å². The number of alkyl halides is 1. The molecular weight excluding hydrogens is 287 g/mol. The lowest BCUT2D eigenvalue weighted by Gasteiger charge is -2.16. The maximum absolute atomic E-state index is 13.8. The molecule has 10 heteroatoms. The van der Waals surface area contributed by atoms with Crippen LogP contribution >= 0.6 is 0 Å². The van der Waals surface area contributed by atoms with E-state index in [1.807, 2.05) is 0 Å². The number of halogens is 1. The maximum Gasteiger partial charge on any atom is 0.404 e. The van der Waals surface area contributed by atoms with Crippen LogP contribution in [0.5, 0.6) is 0 Å². The van der Waals surface area contributed by atoms with E-state index in [-0.39, 0.29) is 30.8 Å². The zero-order chi connectivity index (χ0) is 15.6. The van der Waals surface area contributed by atoms with Crippen molar-refractivity contribution < 1.29 is 24.0 Å². The van der Waals surface area contributed by atoms with Gasteiger partial charge in [0.25, 0.3) is 0 Å². The van der Waals surface area contributed by atoms with Gasteiger partial charge in [-0.25, -0.2) is 9.18 Å². The van der Waals surface area contributed by atoms with Crippen molar-refractivity contribution in [2.45, 2.75) is 31.2 Å². The van der Waals surface area contributed by atoms with E-state index >= 15 is 0 Å². The zero-order valence-electron chi connectivity index (χ0n) is 11.2. The standard InChI is InChI=1S/C11H15FN4O5/c1-15-10(8(4-13-15)16(19)20)9-3-2-7(14-11(17)18)6(12)5-21-9/h4,6-7,9,14H,2-3,5H2,1H3,(H,17,18)/t6-,7-,9+/m1/s1. The quantitative estimate of drug-likeness (QED) is 0.638. The number of ether oxygens (including phenoxy) is 1. The highest BCUT2D eigenvalue weighted by molar-refractivity contribution is 5.64. The Labute approximate surface area is 118 Å². The molecule has 2 N–H and O–H groups in total. The van der Waals surface area contributed by atoms with Gasteiger partial charge in [-0.15, -0.1) is 0 Å². The lowest BCUT2D eigenvalue weighted by molar-refractivity contribution is -0.386. The Morgan fingerprint density at radius 2 is 2.38 bits per heavy atom. The third-order valence-electron chi connectivity index (χ3n) is 3.41. The summed E-state index contributed by atoms with van der Waals surface area (Å²) in [6.45, 7) is -0.335. The highest BCUT2D eigenvalue weighted by atomic mass is 19.1. The average Bonchev–Trinajstić information content (AvgIpc) is 2.70. The molecule has 0 bridgehead atoms. The number of carbonyl (C=O) groups is 1. The first-order valence-electron chi connectivity index (χ1n) is 6.31. The smallest absolute Gasteiger partial charge is 0.404 e. The van der Waals surface area contributed by atoms with E-state index in [9.17, 15) is 19.3 Å². The van der Waals surface area contributed by atoms with Gasteiger partial charge in [0, 0.05) is 7.05 Å². The molecule has 1 aromatic heterocycles. The van der Waals surface area contributed by atoms with Crippen molar-refractivity contribution in [2.24, 2.45) is 7.05 Å². The van der Waals surface area contributed by atoms with E-state index in [4.69, 9.17) is 9.84 Å². The Morgan fingerprint density at radius 1 is 1.67 bits per heavy atom. The van der Waals surface area contributed by atoms with Crippen molar-refractivity contribution in [1.82, 2.24) is 15.1 Å². The van der Waals surface area contributed by atoms with Crippen LogP contribution in [0, 0.1) is 10.1 Å². The van der Waals surface area contributed by atoms with Crippen LogP contribution in [0.4, 0.5) is 14.9 Å². The number of amides is 1. The predicted octanol–water partition coefficient (Wildman–Crippen LogP) is 1.15. The normalized spacial score (nSPS) is 26.1. The monoisotopic (exact) mass is 302 g/mol. The van der Waals surface area contributed by atoms with Gasteiger partial charge >= 0.3 is 11.8 Å². The van der Waals surface area contributed by atoms with Crippen LogP contribution in [0.3, 0.4) is 0 Å². The third-order valence-corrected chi connectivity index (χ3v) is 3.41. The summed E-state index contributed by atoms with van der Waals surface area (Å²) >= 11 is 0. The Bertz CT molecular complexity index is 549. The third kappa shape index (κ3) is 3.27. The summed E-state index contributed by atoms with van der Waals surface area (Å²) in [5.41, 5.74) is 0.0609. The van der Waals surface area contributed by atoms with E-state index in [0.717, 1.165) is 6.20 Å². The van der Waals surface area contributed by atoms with Gasteiger partial charge in [-0.1, -0.05) is 0 Å². The van der Waals surface area contributed by atoms with Crippen LogP contribution in [0.15, 0.2) is 6.20 Å². The van der Waals surface area contributed by atoms with Crippen molar-refractivity contribution in [3.63, 3.8) is 0 Å². The molecule has 1 amide bonds. The van der Waals surface area contributed by atoms with Crippen molar-refractivity contribution in [3.05, 3.63) is 22.0 Å². The molecule has 0 spiro atoms. The van der Waals surface area contributed by atoms with Gasteiger partial charge in [-0.2, -0.15) is 5.10 Å². The second-order valence-corrected chi connectivity index (χ2v) is 4.77. The molecule has 0 saturated carbocycles. The molecule has 9 nitrogen and oxygen atoms in total. The largest absolute Gasteiger partial charge is 0.465 e. The Kier molecular flexibility index (Phi) is 4.36. The van der Waals surface area contributed by atoms with Crippen LogP contribution < -0.4 is 5.32 Å². The first-order chi connectivity index (χ1) is 9.90.